The maximum atomic E-state index is 12.1. The summed E-state index contributed by atoms with van der Waals surface area (Å²) in [5, 5.41) is 8.54. The molecule has 0 bridgehead atoms. The third kappa shape index (κ3) is 4.55. The highest BCUT2D eigenvalue weighted by molar-refractivity contribution is 7.81. The Balaban J connectivity index is 2.61. The first-order valence-electron chi connectivity index (χ1n) is 5.91. The third-order valence-electron chi connectivity index (χ3n) is 2.59. The van der Waals surface area contributed by atoms with E-state index in [9.17, 15) is 4.79 Å². The summed E-state index contributed by atoms with van der Waals surface area (Å²) in [6.45, 7) is 4.31. The van der Waals surface area contributed by atoms with Crippen molar-refractivity contribution in [3.63, 3.8) is 0 Å². The molecule has 1 atom stereocenters. The Morgan fingerprint density at radius 2 is 2.11 bits per heavy atom. The van der Waals surface area contributed by atoms with Crippen LogP contribution in [0.15, 0.2) is 43.0 Å². The monoisotopic (exact) mass is 265 g/mol. The maximum Gasteiger partial charge on any atom is 0.236 e. The van der Waals surface area contributed by atoms with Crippen molar-refractivity contribution in [3.8, 4) is 0 Å². The number of benzene rings is 1. The molecule has 18 heavy (non-hydrogen) atoms. The van der Waals surface area contributed by atoms with Gasteiger partial charge in [-0.25, -0.2) is 0 Å². The number of aliphatic hydroxyl groups excluding tert-OH is 1. The first-order valence-corrected chi connectivity index (χ1v) is 6.43. The Kier molecular flexibility index (Phi) is 6.54. The van der Waals surface area contributed by atoms with Crippen molar-refractivity contribution in [2.75, 3.05) is 19.7 Å². The van der Waals surface area contributed by atoms with Crippen molar-refractivity contribution in [1.82, 2.24) is 4.90 Å². The van der Waals surface area contributed by atoms with E-state index < -0.39 is 0 Å². The molecule has 1 aromatic rings. The number of aliphatic hydroxyl groups is 1. The zero-order chi connectivity index (χ0) is 13.4. The number of nitrogens with zero attached hydrogens (tertiary/aromatic N) is 1. The maximum absolute atomic E-state index is 12.1. The molecular formula is C14H19NO2S. The lowest BCUT2D eigenvalue weighted by atomic mass is 10.1. The summed E-state index contributed by atoms with van der Waals surface area (Å²) in [5.74, 6) is -0.0730. The molecule has 1 amide bonds. The smallest absolute Gasteiger partial charge is 0.236 e. The van der Waals surface area contributed by atoms with E-state index in [1.54, 1.807) is 11.0 Å². The second-order valence-electron chi connectivity index (χ2n) is 4.00. The van der Waals surface area contributed by atoms with E-state index in [1.165, 1.54) is 0 Å². The minimum Gasteiger partial charge on any atom is -0.395 e. The summed E-state index contributed by atoms with van der Waals surface area (Å²) in [6, 6.07) is 9.76. The molecule has 1 N–H and O–H groups in total. The largest absolute Gasteiger partial charge is 0.395 e. The molecule has 0 aliphatic rings. The van der Waals surface area contributed by atoms with E-state index in [-0.39, 0.29) is 17.8 Å². The fraction of sp³-hybridized carbons (Fsp3) is 0.357. The molecule has 98 valence electrons. The molecule has 0 fully saturated rings. The average molecular weight is 265 g/mol. The normalized spacial score (nSPS) is 11.9. The van der Waals surface area contributed by atoms with Gasteiger partial charge in [0.15, 0.2) is 0 Å². The first-order chi connectivity index (χ1) is 8.69. The van der Waals surface area contributed by atoms with Gasteiger partial charge in [0.05, 0.1) is 11.9 Å². The van der Waals surface area contributed by atoms with Crippen LogP contribution >= 0.6 is 12.6 Å². The Morgan fingerprint density at radius 3 is 2.67 bits per heavy atom. The van der Waals surface area contributed by atoms with E-state index >= 15 is 0 Å². The number of amides is 1. The van der Waals surface area contributed by atoms with Gasteiger partial charge in [-0.15, -0.1) is 6.58 Å². The predicted octanol–water partition coefficient (Wildman–Crippen LogP) is 1.53. The van der Waals surface area contributed by atoms with Crippen LogP contribution in [-0.4, -0.2) is 40.9 Å². The molecular weight excluding hydrogens is 246 g/mol. The minimum atomic E-state index is -0.390. The lowest BCUT2D eigenvalue weighted by molar-refractivity contribution is -0.130. The van der Waals surface area contributed by atoms with Crippen molar-refractivity contribution in [3.05, 3.63) is 48.6 Å². The molecule has 0 saturated carbocycles. The molecule has 4 heteroatoms. The topological polar surface area (TPSA) is 40.5 Å². The van der Waals surface area contributed by atoms with Gasteiger partial charge >= 0.3 is 0 Å². The van der Waals surface area contributed by atoms with Crippen LogP contribution in [0.5, 0.6) is 0 Å². The van der Waals surface area contributed by atoms with Crippen LogP contribution in [0.2, 0.25) is 0 Å². The van der Waals surface area contributed by atoms with Crippen LogP contribution in [0.3, 0.4) is 0 Å². The van der Waals surface area contributed by atoms with Gasteiger partial charge in [0, 0.05) is 13.1 Å². The Bertz CT molecular complexity index is 381. The van der Waals surface area contributed by atoms with Crippen LogP contribution in [0.25, 0.3) is 0 Å². The fourth-order valence-corrected chi connectivity index (χ4v) is 2.08. The molecule has 0 aromatic heterocycles. The number of hydrogen-bond donors (Lipinski definition) is 2. The van der Waals surface area contributed by atoms with Crippen LogP contribution in [-0.2, 0) is 11.2 Å². The second-order valence-corrected chi connectivity index (χ2v) is 4.63. The standard InChI is InChI=1S/C14H19NO2S/c1-2-8-15(9-10-16)14(17)13(18)11-12-6-4-3-5-7-12/h2-7,13,16,18H,1,8-11H2. The molecule has 1 unspecified atom stereocenters. The molecule has 0 aliphatic heterocycles. The number of carbonyl (C=O) groups excluding carboxylic acids is 1. The van der Waals surface area contributed by atoms with Crippen molar-refractivity contribution < 1.29 is 9.90 Å². The molecule has 0 spiro atoms. The van der Waals surface area contributed by atoms with E-state index in [0.29, 0.717) is 19.5 Å². The van der Waals surface area contributed by atoms with Gasteiger partial charge in [-0.3, -0.25) is 4.79 Å². The van der Waals surface area contributed by atoms with Gasteiger partial charge in [-0.05, 0) is 12.0 Å². The average Bonchev–Trinajstić information content (AvgIpc) is 2.39. The Morgan fingerprint density at radius 1 is 1.44 bits per heavy atom. The predicted molar refractivity (Wildman–Crippen MR) is 76.8 cm³/mol. The molecule has 0 radical (unpaired) electrons. The number of hydrogen-bond acceptors (Lipinski definition) is 3. The summed E-state index contributed by atoms with van der Waals surface area (Å²) in [7, 11) is 0. The van der Waals surface area contributed by atoms with Crippen LogP contribution in [0.4, 0.5) is 0 Å². The molecule has 0 heterocycles. The van der Waals surface area contributed by atoms with E-state index in [0.717, 1.165) is 5.56 Å². The number of carbonyl (C=O) groups is 1. The highest BCUT2D eigenvalue weighted by Gasteiger charge is 2.20. The first kappa shape index (κ1) is 14.8. The van der Waals surface area contributed by atoms with Crippen molar-refractivity contribution in [1.29, 1.82) is 0 Å². The third-order valence-corrected chi connectivity index (χ3v) is 2.99. The highest BCUT2D eigenvalue weighted by Crippen LogP contribution is 2.10. The number of rotatable bonds is 7. The van der Waals surface area contributed by atoms with Crippen molar-refractivity contribution in [2.45, 2.75) is 11.7 Å². The van der Waals surface area contributed by atoms with Gasteiger partial charge in [0.25, 0.3) is 0 Å². The van der Waals surface area contributed by atoms with E-state index in [4.69, 9.17) is 5.11 Å². The molecule has 0 aliphatic carbocycles. The molecule has 3 nitrogen and oxygen atoms in total. The summed E-state index contributed by atoms with van der Waals surface area (Å²) >= 11 is 4.35. The lowest BCUT2D eigenvalue weighted by Gasteiger charge is -2.23. The van der Waals surface area contributed by atoms with E-state index in [1.807, 2.05) is 30.3 Å². The summed E-state index contributed by atoms with van der Waals surface area (Å²) in [6.07, 6.45) is 2.23. The van der Waals surface area contributed by atoms with Gasteiger partial charge in [0.2, 0.25) is 5.91 Å². The van der Waals surface area contributed by atoms with Gasteiger partial charge in [0.1, 0.15) is 0 Å². The zero-order valence-corrected chi connectivity index (χ0v) is 11.2. The number of thiol groups is 1. The Hall–Kier alpha value is -1.26. The van der Waals surface area contributed by atoms with Crippen LogP contribution in [0, 0.1) is 0 Å². The highest BCUT2D eigenvalue weighted by atomic mass is 32.1. The van der Waals surface area contributed by atoms with Crippen LogP contribution < -0.4 is 0 Å². The molecule has 0 saturated heterocycles. The van der Waals surface area contributed by atoms with E-state index in [2.05, 4.69) is 19.2 Å². The minimum absolute atomic E-state index is 0.0502. The van der Waals surface area contributed by atoms with Gasteiger partial charge in [-0.2, -0.15) is 12.6 Å². The van der Waals surface area contributed by atoms with Crippen LogP contribution in [0.1, 0.15) is 5.56 Å². The quantitative estimate of drug-likeness (QED) is 0.580. The SMILES string of the molecule is C=CCN(CCO)C(=O)C(S)Cc1ccccc1. The van der Waals surface area contributed by atoms with Crippen molar-refractivity contribution >= 4 is 18.5 Å². The second kappa shape index (κ2) is 7.95. The molecule has 1 aromatic carbocycles. The molecule has 1 rings (SSSR count). The van der Waals surface area contributed by atoms with Crippen molar-refractivity contribution in [2.24, 2.45) is 0 Å². The van der Waals surface area contributed by atoms with Gasteiger partial charge in [-0.1, -0.05) is 36.4 Å². The summed E-state index contributed by atoms with van der Waals surface area (Å²) < 4.78 is 0. The lowest BCUT2D eigenvalue weighted by Crippen LogP contribution is -2.39. The summed E-state index contributed by atoms with van der Waals surface area (Å²) in [4.78, 5) is 13.7. The zero-order valence-electron chi connectivity index (χ0n) is 10.3. The fourth-order valence-electron chi connectivity index (χ4n) is 1.70. The Labute approximate surface area is 114 Å². The summed E-state index contributed by atoms with van der Waals surface area (Å²) in [5.41, 5.74) is 1.08. The van der Waals surface area contributed by atoms with Gasteiger partial charge < -0.3 is 10.0 Å².